The summed E-state index contributed by atoms with van der Waals surface area (Å²) in [7, 11) is -3.01. The lowest BCUT2D eigenvalue weighted by Crippen LogP contribution is -2.30. The van der Waals surface area contributed by atoms with Gasteiger partial charge >= 0.3 is 7.59 Å². The molecule has 0 aliphatic heterocycles. The highest BCUT2D eigenvalue weighted by molar-refractivity contribution is 7.60. The van der Waals surface area contributed by atoms with Crippen LogP contribution in [0.15, 0.2) is 30.3 Å². The molecule has 0 saturated heterocycles. The fourth-order valence-electron chi connectivity index (χ4n) is 1.10. The van der Waals surface area contributed by atoms with Gasteiger partial charge in [-0.25, -0.2) is 5.09 Å². The molecule has 0 aromatic heterocycles. The van der Waals surface area contributed by atoms with Crippen molar-refractivity contribution < 1.29 is 4.57 Å². The second-order valence-corrected chi connectivity index (χ2v) is 6.89. The summed E-state index contributed by atoms with van der Waals surface area (Å²) in [5.41, 5.74) is 6.50. The summed E-state index contributed by atoms with van der Waals surface area (Å²) in [4.78, 5) is 0. The molecule has 16 heavy (non-hydrogen) atoms. The molecule has 0 fully saturated rings. The molecule has 0 radical (unpaired) electrons. The number of anilines is 1. The van der Waals surface area contributed by atoms with Gasteiger partial charge in [0.2, 0.25) is 0 Å². The molecule has 0 bridgehead atoms. The Hall–Kier alpha value is -0.830. The molecule has 0 aliphatic carbocycles. The smallest absolute Gasteiger partial charge is 0.300 e. The molecule has 5 heteroatoms. The number of hydrogen-bond donors (Lipinski definition) is 3. The van der Waals surface area contributed by atoms with Gasteiger partial charge in [-0.15, -0.1) is 0 Å². The minimum absolute atomic E-state index is 0.0490. The average Bonchev–Trinajstić information content (AvgIpc) is 2.15. The molecule has 1 rings (SSSR count). The van der Waals surface area contributed by atoms with Gasteiger partial charge in [0, 0.05) is 12.2 Å². The second kappa shape index (κ2) is 5.00. The Morgan fingerprint density at radius 2 is 1.81 bits per heavy atom. The molecule has 0 saturated carbocycles. The lowest BCUT2D eigenvalue weighted by Gasteiger charge is -2.23. The van der Waals surface area contributed by atoms with Gasteiger partial charge in [0.05, 0.1) is 0 Å². The van der Waals surface area contributed by atoms with Gasteiger partial charge in [-0.1, -0.05) is 39.0 Å². The van der Waals surface area contributed by atoms with E-state index in [1.54, 1.807) is 0 Å². The molecule has 1 atom stereocenters. The first-order valence-electron chi connectivity index (χ1n) is 5.26. The van der Waals surface area contributed by atoms with Crippen LogP contribution in [0, 0.1) is 5.41 Å². The maximum atomic E-state index is 12.0. The Bertz CT molecular complexity index is 373. The van der Waals surface area contributed by atoms with E-state index in [0.29, 0.717) is 6.54 Å². The van der Waals surface area contributed by atoms with E-state index >= 15 is 0 Å². The van der Waals surface area contributed by atoms with Crippen LogP contribution in [-0.4, -0.2) is 6.54 Å². The molecule has 1 aromatic rings. The Morgan fingerprint density at radius 1 is 1.25 bits per heavy atom. The molecule has 4 N–H and O–H groups in total. The number of nitrogens with one attached hydrogen (secondary N) is 2. The first-order valence-corrected chi connectivity index (χ1v) is 7.03. The maximum Gasteiger partial charge on any atom is 0.300 e. The van der Waals surface area contributed by atoms with E-state index in [1.807, 2.05) is 30.3 Å². The molecular formula is C11H20N3OP. The zero-order valence-electron chi connectivity index (χ0n) is 10.0. The van der Waals surface area contributed by atoms with Gasteiger partial charge in [-0.3, -0.25) is 10.1 Å². The summed E-state index contributed by atoms with van der Waals surface area (Å²) < 4.78 is 12.0. The first kappa shape index (κ1) is 13.2. The number of benzene rings is 1. The van der Waals surface area contributed by atoms with Gasteiger partial charge in [0.1, 0.15) is 0 Å². The highest BCUT2D eigenvalue weighted by Crippen LogP contribution is 2.32. The van der Waals surface area contributed by atoms with E-state index in [2.05, 4.69) is 30.9 Å². The van der Waals surface area contributed by atoms with Gasteiger partial charge in [-0.2, -0.15) is 0 Å². The van der Waals surface area contributed by atoms with E-state index in [-0.39, 0.29) is 5.41 Å². The van der Waals surface area contributed by atoms with E-state index in [4.69, 9.17) is 5.50 Å². The predicted molar refractivity (Wildman–Crippen MR) is 69.3 cm³/mol. The van der Waals surface area contributed by atoms with E-state index < -0.39 is 7.59 Å². The fourth-order valence-corrected chi connectivity index (χ4v) is 2.42. The van der Waals surface area contributed by atoms with Crippen LogP contribution in [-0.2, 0) is 4.57 Å². The monoisotopic (exact) mass is 241 g/mol. The van der Waals surface area contributed by atoms with Crippen LogP contribution in [0.25, 0.3) is 0 Å². The third kappa shape index (κ3) is 5.31. The van der Waals surface area contributed by atoms with Crippen LogP contribution in [0.5, 0.6) is 0 Å². The second-order valence-electron chi connectivity index (χ2n) is 5.03. The van der Waals surface area contributed by atoms with Crippen molar-refractivity contribution in [1.29, 1.82) is 0 Å². The Balaban J connectivity index is 2.56. The summed E-state index contributed by atoms with van der Waals surface area (Å²) in [5.74, 6) is 0. The molecule has 0 amide bonds. The molecule has 0 heterocycles. The zero-order chi connectivity index (χ0) is 12.2. The SMILES string of the molecule is CC(C)(C)CNP(N)(=O)Nc1ccccc1. The summed E-state index contributed by atoms with van der Waals surface area (Å²) in [6.45, 7) is 6.77. The van der Waals surface area contributed by atoms with E-state index in [1.165, 1.54) is 0 Å². The Morgan fingerprint density at radius 3 is 2.31 bits per heavy atom. The molecular weight excluding hydrogens is 221 g/mol. The maximum absolute atomic E-state index is 12.0. The summed E-state index contributed by atoms with van der Waals surface area (Å²) in [6, 6.07) is 9.30. The van der Waals surface area contributed by atoms with Crippen LogP contribution in [0.1, 0.15) is 20.8 Å². The summed E-state index contributed by atoms with van der Waals surface area (Å²) in [5, 5.41) is 5.68. The van der Waals surface area contributed by atoms with Crippen molar-refractivity contribution in [3.05, 3.63) is 30.3 Å². The topological polar surface area (TPSA) is 67.1 Å². The first-order chi connectivity index (χ1) is 7.29. The summed E-state index contributed by atoms with van der Waals surface area (Å²) >= 11 is 0. The number of nitrogens with two attached hydrogens (primary N) is 1. The fraction of sp³-hybridized carbons (Fsp3) is 0.455. The van der Waals surface area contributed by atoms with E-state index in [0.717, 1.165) is 5.69 Å². The molecule has 0 aliphatic rings. The van der Waals surface area contributed by atoms with E-state index in [9.17, 15) is 4.57 Å². The molecule has 0 spiro atoms. The number of para-hydroxylation sites is 1. The van der Waals surface area contributed by atoms with Crippen LogP contribution < -0.4 is 15.7 Å². The summed E-state index contributed by atoms with van der Waals surface area (Å²) in [6.07, 6.45) is 0. The highest BCUT2D eigenvalue weighted by Gasteiger charge is 2.19. The molecule has 1 unspecified atom stereocenters. The molecule has 1 aromatic carbocycles. The van der Waals surface area contributed by atoms with Crippen LogP contribution >= 0.6 is 7.59 Å². The van der Waals surface area contributed by atoms with Crippen molar-refractivity contribution in [3.8, 4) is 0 Å². The van der Waals surface area contributed by atoms with Crippen LogP contribution in [0.4, 0.5) is 5.69 Å². The lowest BCUT2D eigenvalue weighted by atomic mass is 9.98. The minimum Gasteiger partial charge on any atom is -0.313 e. The van der Waals surface area contributed by atoms with Crippen LogP contribution in [0.3, 0.4) is 0 Å². The van der Waals surface area contributed by atoms with Crippen molar-refractivity contribution in [1.82, 2.24) is 5.09 Å². The quantitative estimate of drug-likeness (QED) is 0.709. The number of rotatable bonds is 4. The van der Waals surface area contributed by atoms with Gasteiger partial charge < -0.3 is 5.09 Å². The van der Waals surface area contributed by atoms with Crippen molar-refractivity contribution in [2.45, 2.75) is 20.8 Å². The van der Waals surface area contributed by atoms with Crippen LogP contribution in [0.2, 0.25) is 0 Å². The average molecular weight is 241 g/mol. The van der Waals surface area contributed by atoms with Crippen molar-refractivity contribution in [3.63, 3.8) is 0 Å². The normalized spacial score (nSPS) is 15.5. The van der Waals surface area contributed by atoms with Gasteiger partial charge in [-0.05, 0) is 17.5 Å². The van der Waals surface area contributed by atoms with Gasteiger partial charge in [0.25, 0.3) is 0 Å². The lowest BCUT2D eigenvalue weighted by molar-refractivity contribution is 0.408. The predicted octanol–water partition coefficient (Wildman–Crippen LogP) is 2.80. The standard InChI is InChI=1S/C11H20N3OP/c1-11(2,3)9-13-16(12,15)14-10-7-5-4-6-8-10/h4-8H,9H2,1-3H3,(H4,12,13,14,15). The zero-order valence-corrected chi connectivity index (χ0v) is 10.9. The van der Waals surface area contributed by atoms with Crippen molar-refractivity contribution >= 4 is 13.3 Å². The van der Waals surface area contributed by atoms with Crippen molar-refractivity contribution in [2.75, 3.05) is 11.6 Å². The third-order valence-corrected chi connectivity index (χ3v) is 3.13. The Kier molecular flexibility index (Phi) is 4.14. The molecule has 4 nitrogen and oxygen atoms in total. The number of hydrogen-bond acceptors (Lipinski definition) is 1. The van der Waals surface area contributed by atoms with Gasteiger partial charge in [0.15, 0.2) is 0 Å². The largest absolute Gasteiger partial charge is 0.313 e. The minimum atomic E-state index is -3.01. The highest BCUT2D eigenvalue weighted by atomic mass is 31.2. The molecule has 90 valence electrons. The van der Waals surface area contributed by atoms with Crippen molar-refractivity contribution in [2.24, 2.45) is 10.9 Å². The Labute approximate surface area is 97.2 Å². The third-order valence-electron chi connectivity index (χ3n) is 1.91.